The van der Waals surface area contributed by atoms with Crippen molar-refractivity contribution in [2.24, 2.45) is 0 Å². The molecule has 1 atom stereocenters. The Balaban J connectivity index is 1.55. The smallest absolute Gasteiger partial charge is 0.420 e. The molecule has 0 saturated carbocycles. The molecule has 0 spiro atoms. The maximum atomic E-state index is 12.5. The largest absolute Gasteiger partial charge is 0.442 e. The third kappa shape index (κ3) is 5.88. The van der Waals surface area contributed by atoms with Crippen LogP contribution in [0.4, 0.5) is 8.78 Å². The van der Waals surface area contributed by atoms with Crippen molar-refractivity contribution in [2.75, 3.05) is 0 Å². The van der Waals surface area contributed by atoms with Crippen LogP contribution < -0.4 is 4.52 Å². The van der Waals surface area contributed by atoms with Crippen LogP contribution in [-0.4, -0.2) is 21.2 Å². The van der Waals surface area contributed by atoms with Crippen LogP contribution in [0.5, 0.6) is 5.75 Å². The molecule has 1 heterocycles. The number of thioether (sulfide) groups is 1. The first-order valence-electron chi connectivity index (χ1n) is 8.30. The highest BCUT2D eigenvalue weighted by Crippen LogP contribution is 2.50. The lowest BCUT2D eigenvalue weighted by Crippen LogP contribution is -2.01. The first kappa shape index (κ1) is 22.0. The molecule has 3 rings (SSSR count). The van der Waals surface area contributed by atoms with Gasteiger partial charge in [-0.3, -0.25) is 0 Å². The molecule has 0 bridgehead atoms. The second kappa shape index (κ2) is 9.38. The Labute approximate surface area is 178 Å². The second-order valence-corrected chi connectivity index (χ2v) is 9.58. The zero-order valence-corrected chi connectivity index (χ0v) is 18.4. The van der Waals surface area contributed by atoms with Crippen molar-refractivity contribution >= 4 is 35.3 Å². The van der Waals surface area contributed by atoms with Crippen molar-refractivity contribution in [1.82, 2.24) is 10.1 Å². The molecule has 2 aromatic carbocycles. The van der Waals surface area contributed by atoms with Crippen molar-refractivity contribution in [3.63, 3.8) is 0 Å². The molecule has 0 amide bonds. The van der Waals surface area contributed by atoms with E-state index in [1.807, 2.05) is 24.3 Å². The van der Waals surface area contributed by atoms with Crippen LogP contribution in [0.2, 0.25) is 0 Å². The number of rotatable bonds is 8. The molecule has 0 fully saturated rings. The zero-order chi connectivity index (χ0) is 21.0. The fourth-order valence-corrected chi connectivity index (χ4v) is 4.43. The van der Waals surface area contributed by atoms with Gasteiger partial charge in [-0.25, -0.2) is 4.57 Å². The minimum Gasteiger partial charge on any atom is -0.420 e. The molecule has 1 aromatic heterocycles. The zero-order valence-electron chi connectivity index (χ0n) is 15.1. The van der Waals surface area contributed by atoms with E-state index in [0.29, 0.717) is 21.9 Å². The van der Waals surface area contributed by atoms with E-state index in [-0.39, 0.29) is 5.75 Å². The van der Waals surface area contributed by atoms with Crippen LogP contribution in [0.3, 0.4) is 0 Å². The van der Waals surface area contributed by atoms with E-state index >= 15 is 0 Å². The SMILES string of the molecule is Cc1noc(-c2ccc(CSCc3ccc(OP(=O)(O)C(F)F)c(Br)c3)cc2)n1. The van der Waals surface area contributed by atoms with Crippen LogP contribution in [-0.2, 0) is 16.1 Å². The number of nitrogens with zero attached hydrogens (tertiary/aromatic N) is 2. The van der Waals surface area contributed by atoms with Gasteiger partial charge in [-0.2, -0.15) is 25.5 Å². The summed E-state index contributed by atoms with van der Waals surface area (Å²) >= 11 is 4.85. The molecule has 0 radical (unpaired) electrons. The summed E-state index contributed by atoms with van der Waals surface area (Å²) in [5.74, 6) is 2.38. The topological polar surface area (TPSA) is 85.5 Å². The van der Waals surface area contributed by atoms with Gasteiger partial charge >= 0.3 is 13.8 Å². The lowest BCUT2D eigenvalue weighted by Gasteiger charge is -2.14. The first-order valence-corrected chi connectivity index (χ1v) is 11.9. The van der Waals surface area contributed by atoms with Gasteiger partial charge in [0.1, 0.15) is 5.75 Å². The molecule has 1 N–H and O–H groups in total. The highest BCUT2D eigenvalue weighted by atomic mass is 79.9. The summed E-state index contributed by atoms with van der Waals surface area (Å²) in [7, 11) is -5.00. The van der Waals surface area contributed by atoms with Crippen LogP contribution in [0.25, 0.3) is 11.5 Å². The second-order valence-electron chi connectivity index (χ2n) is 6.03. The van der Waals surface area contributed by atoms with Gasteiger partial charge in [0.25, 0.3) is 5.89 Å². The predicted molar refractivity (Wildman–Crippen MR) is 110 cm³/mol. The predicted octanol–water partition coefficient (Wildman–Crippen LogP) is 6.03. The molecule has 29 heavy (non-hydrogen) atoms. The van der Waals surface area contributed by atoms with Gasteiger partial charge in [0, 0.05) is 17.1 Å². The first-order chi connectivity index (χ1) is 13.7. The van der Waals surface area contributed by atoms with Crippen LogP contribution >= 0.6 is 35.3 Å². The quantitative estimate of drug-likeness (QED) is 0.375. The van der Waals surface area contributed by atoms with Gasteiger partial charge in [0.2, 0.25) is 0 Å². The Morgan fingerprint density at radius 3 is 2.45 bits per heavy atom. The van der Waals surface area contributed by atoms with Gasteiger partial charge in [-0.1, -0.05) is 23.4 Å². The molecule has 0 saturated heterocycles. The maximum Gasteiger partial charge on any atom is 0.442 e. The maximum absolute atomic E-state index is 12.5. The summed E-state index contributed by atoms with van der Waals surface area (Å²) in [4.78, 5) is 13.3. The lowest BCUT2D eigenvalue weighted by atomic mass is 10.1. The summed E-state index contributed by atoms with van der Waals surface area (Å²) < 4.78 is 46.3. The number of hydrogen-bond donors (Lipinski definition) is 1. The minimum absolute atomic E-state index is 0.100. The van der Waals surface area contributed by atoms with Gasteiger partial charge < -0.3 is 13.9 Å². The van der Waals surface area contributed by atoms with E-state index in [1.165, 1.54) is 6.07 Å². The Hall–Kier alpha value is -1.74. The summed E-state index contributed by atoms with van der Waals surface area (Å²) in [6, 6.07) is 12.5. The van der Waals surface area contributed by atoms with E-state index in [0.717, 1.165) is 22.4 Å². The average molecular weight is 505 g/mol. The van der Waals surface area contributed by atoms with Gasteiger partial charge in [0.15, 0.2) is 5.82 Å². The summed E-state index contributed by atoms with van der Waals surface area (Å²) in [5, 5.41) is 3.77. The average Bonchev–Trinajstić information content (AvgIpc) is 3.10. The fourth-order valence-electron chi connectivity index (χ4n) is 2.33. The third-order valence-electron chi connectivity index (χ3n) is 3.74. The molecule has 0 aliphatic carbocycles. The van der Waals surface area contributed by atoms with Crippen molar-refractivity contribution in [3.8, 4) is 17.2 Å². The molecule has 3 aromatic rings. The van der Waals surface area contributed by atoms with E-state index in [4.69, 9.17) is 9.42 Å². The van der Waals surface area contributed by atoms with E-state index in [2.05, 4.69) is 30.6 Å². The summed E-state index contributed by atoms with van der Waals surface area (Å²) in [6.45, 7) is 1.76. The number of aryl methyl sites for hydroxylation is 1. The Bertz CT molecular complexity index is 1030. The summed E-state index contributed by atoms with van der Waals surface area (Å²) in [6.07, 6.45) is -3.46. The van der Waals surface area contributed by atoms with Crippen molar-refractivity contribution in [3.05, 3.63) is 63.9 Å². The van der Waals surface area contributed by atoms with Crippen LogP contribution in [0.1, 0.15) is 17.0 Å². The van der Waals surface area contributed by atoms with Crippen molar-refractivity contribution < 1.29 is 27.3 Å². The Kier molecular flexibility index (Phi) is 7.10. The van der Waals surface area contributed by atoms with Crippen molar-refractivity contribution in [2.45, 2.75) is 24.6 Å². The molecule has 6 nitrogen and oxygen atoms in total. The molecular formula is C18H16BrF2N2O4PS. The molecule has 0 aliphatic heterocycles. The van der Waals surface area contributed by atoms with Gasteiger partial charge in [-0.05, 0) is 58.2 Å². The molecular weight excluding hydrogens is 489 g/mol. The number of alkyl halides is 2. The minimum atomic E-state index is -5.00. The van der Waals surface area contributed by atoms with Crippen LogP contribution in [0, 0.1) is 6.92 Å². The normalized spacial score (nSPS) is 13.4. The molecule has 1 unspecified atom stereocenters. The standard InChI is InChI=1S/C18H16BrF2N2O4PS/c1-11-22-17(26-23-11)14-5-2-12(3-6-14)9-29-10-13-4-7-16(15(19)8-13)27-28(24,25)18(20)21/h2-8,18H,9-10H2,1H3,(H,24,25). The molecule has 0 aliphatic rings. The van der Waals surface area contributed by atoms with Gasteiger partial charge in [-0.15, -0.1) is 0 Å². The third-order valence-corrected chi connectivity index (χ3v) is 6.38. The van der Waals surface area contributed by atoms with E-state index in [1.54, 1.807) is 30.8 Å². The van der Waals surface area contributed by atoms with Gasteiger partial charge in [0.05, 0.1) is 4.47 Å². The summed E-state index contributed by atoms with van der Waals surface area (Å²) in [5.41, 5.74) is 2.88. The number of aromatic nitrogens is 2. The lowest BCUT2D eigenvalue weighted by molar-refractivity contribution is 0.188. The highest BCUT2D eigenvalue weighted by Gasteiger charge is 2.34. The molecule has 11 heteroatoms. The number of hydrogen-bond acceptors (Lipinski definition) is 6. The highest BCUT2D eigenvalue weighted by molar-refractivity contribution is 9.10. The van der Waals surface area contributed by atoms with Crippen LogP contribution in [0.15, 0.2) is 51.5 Å². The Morgan fingerprint density at radius 1 is 1.21 bits per heavy atom. The number of halogens is 3. The van der Waals surface area contributed by atoms with E-state index < -0.39 is 13.8 Å². The van der Waals surface area contributed by atoms with Crippen molar-refractivity contribution in [1.29, 1.82) is 0 Å². The molecule has 154 valence electrons. The Morgan fingerprint density at radius 2 is 1.86 bits per heavy atom. The fraction of sp³-hybridized carbons (Fsp3) is 0.222. The number of benzene rings is 2. The van der Waals surface area contributed by atoms with E-state index in [9.17, 15) is 13.3 Å². The monoisotopic (exact) mass is 504 g/mol.